The van der Waals surface area contributed by atoms with Crippen LogP contribution in [0.25, 0.3) is 71.7 Å². The minimum Gasteiger partial charge on any atom is -0.309 e. The average Bonchev–Trinajstić information content (AvgIpc) is 3.78. The second-order valence-corrected chi connectivity index (χ2v) is 9.30. The number of hydrogen-bond acceptors (Lipinski definition) is 0. The molecule has 6 aromatic carbocycles. The Morgan fingerprint density at radius 3 is 1.46 bits per heavy atom. The molecule has 9 aromatic rings. The van der Waals surface area contributed by atoms with Gasteiger partial charge >= 0.3 is 0 Å². The third kappa shape index (κ3) is 2.71. The number of hydrogen-bond donors (Lipinski definition) is 0. The van der Waals surface area contributed by atoms with Crippen molar-refractivity contribution >= 4 is 54.6 Å². The quantitative estimate of drug-likeness (QED) is 0.225. The van der Waals surface area contributed by atoms with Gasteiger partial charge in [-0.15, -0.1) is 0 Å². The first-order chi connectivity index (χ1) is 24.4. The van der Waals surface area contributed by atoms with Gasteiger partial charge in [-0.05, 0) is 72.6 Å². The van der Waals surface area contributed by atoms with Crippen LogP contribution in [0.4, 0.5) is 0 Å². The van der Waals surface area contributed by atoms with Crippen molar-refractivity contribution in [3.63, 3.8) is 0 Å². The van der Waals surface area contributed by atoms with Crippen LogP contribution in [-0.2, 0) is 0 Å². The van der Waals surface area contributed by atoms with E-state index in [9.17, 15) is 4.11 Å². The molecular weight excluding hydrogens is 474 g/mol. The summed E-state index contributed by atoms with van der Waals surface area (Å²) in [7, 11) is 0. The lowest BCUT2D eigenvalue weighted by molar-refractivity contribution is 1.15. The van der Waals surface area contributed by atoms with Crippen LogP contribution in [0, 0.1) is 0 Å². The molecule has 0 amide bonds. The van der Waals surface area contributed by atoms with Crippen molar-refractivity contribution in [1.82, 2.24) is 13.7 Å². The molecule has 0 radical (unpaired) electrons. The molecule has 3 aromatic heterocycles. The van der Waals surface area contributed by atoms with Gasteiger partial charge in [0.1, 0.15) is 0 Å². The largest absolute Gasteiger partial charge is 0.309 e. The Labute approximate surface area is 241 Å². The van der Waals surface area contributed by atoms with Crippen LogP contribution < -0.4 is 0 Å². The Balaban J connectivity index is 1.57. The van der Waals surface area contributed by atoms with E-state index in [4.69, 9.17) is 12.3 Å². The van der Waals surface area contributed by atoms with E-state index in [2.05, 4.69) is 0 Å². The Morgan fingerprint density at radius 2 is 0.872 bits per heavy atom. The fraction of sp³-hybridized carbons (Fsp3) is 0. The lowest BCUT2D eigenvalue weighted by Gasteiger charge is -2.13. The second-order valence-electron chi connectivity index (χ2n) is 9.30. The highest BCUT2D eigenvalue weighted by molar-refractivity contribution is 6.25. The topological polar surface area (TPSA) is 14.8 Å². The molecule has 0 bridgehead atoms. The van der Waals surface area contributed by atoms with Crippen molar-refractivity contribution in [2.75, 3.05) is 0 Å². The molecular formula is C36H23N3. The van der Waals surface area contributed by atoms with E-state index in [-0.39, 0.29) is 103 Å². The molecule has 0 saturated carbocycles. The molecule has 0 saturated heterocycles. The molecule has 0 fully saturated rings. The van der Waals surface area contributed by atoms with Crippen LogP contribution in [0.15, 0.2) is 139 Å². The van der Waals surface area contributed by atoms with Gasteiger partial charge in [-0.2, -0.15) is 0 Å². The second kappa shape index (κ2) is 7.62. The van der Waals surface area contributed by atoms with Crippen LogP contribution in [0.3, 0.4) is 0 Å². The summed E-state index contributed by atoms with van der Waals surface area (Å²) in [6, 6.07) is 14.5. The predicted octanol–water partition coefficient (Wildman–Crippen LogP) is 9.26. The first kappa shape index (κ1) is 12.5. The molecule has 39 heavy (non-hydrogen) atoms. The van der Waals surface area contributed by atoms with E-state index in [0.29, 0.717) is 11.4 Å². The standard InChI is InChI=1S/C36H23N3/c1-3-11-24(12-4-1)37-29-16-8-7-15-27(29)28-23-26(21-22-30(28)37)39-33-19-9-17-31-35(33)36-32(18-10-20-34(36)39)38(31)25-13-5-2-6-14-25/h1-23H/i8D,9D,10D,15D,16D,17D,18D,19D,20D,21D,22D,23D. The van der Waals surface area contributed by atoms with Crippen LogP contribution >= 0.6 is 0 Å². The maximum absolute atomic E-state index is 9.73. The van der Waals surface area contributed by atoms with Crippen LogP contribution in [0.2, 0.25) is 0 Å². The predicted molar refractivity (Wildman–Crippen MR) is 163 cm³/mol. The molecule has 0 aliphatic heterocycles. The van der Waals surface area contributed by atoms with Gasteiger partial charge in [-0.25, -0.2) is 0 Å². The van der Waals surface area contributed by atoms with Gasteiger partial charge in [0.15, 0.2) is 0 Å². The van der Waals surface area contributed by atoms with Crippen molar-refractivity contribution in [1.29, 1.82) is 0 Å². The van der Waals surface area contributed by atoms with E-state index >= 15 is 0 Å². The number of rotatable bonds is 3. The molecule has 0 atom stereocenters. The minimum absolute atomic E-state index is 0.0209. The molecule has 0 aliphatic rings. The van der Waals surface area contributed by atoms with Crippen molar-refractivity contribution in [2.45, 2.75) is 0 Å². The summed E-state index contributed by atoms with van der Waals surface area (Å²) < 4.78 is 113. The van der Waals surface area contributed by atoms with Gasteiger partial charge in [-0.3, -0.25) is 0 Å². The molecule has 3 heteroatoms. The highest BCUT2D eigenvalue weighted by Crippen LogP contribution is 2.43. The van der Waals surface area contributed by atoms with Crippen LogP contribution in [0.1, 0.15) is 16.4 Å². The molecule has 0 spiro atoms. The van der Waals surface area contributed by atoms with Gasteiger partial charge in [0.25, 0.3) is 0 Å². The lowest BCUT2D eigenvalue weighted by Crippen LogP contribution is -1.98. The van der Waals surface area contributed by atoms with Crippen molar-refractivity contribution in [2.24, 2.45) is 0 Å². The monoisotopic (exact) mass is 509 g/mol. The molecule has 0 N–H and O–H groups in total. The zero-order valence-electron chi connectivity index (χ0n) is 32.2. The maximum atomic E-state index is 9.73. The van der Waals surface area contributed by atoms with Crippen molar-refractivity contribution < 1.29 is 16.4 Å². The summed E-state index contributed by atoms with van der Waals surface area (Å²) in [6.07, 6.45) is 0. The highest BCUT2D eigenvalue weighted by atomic mass is 15.0. The van der Waals surface area contributed by atoms with Gasteiger partial charge < -0.3 is 13.7 Å². The fourth-order valence-electron chi connectivity index (χ4n) is 5.70. The van der Waals surface area contributed by atoms with Gasteiger partial charge in [-0.1, -0.05) is 66.6 Å². The minimum atomic E-state index is -0.485. The molecule has 0 unspecified atom stereocenters. The molecule has 3 nitrogen and oxygen atoms in total. The highest BCUT2D eigenvalue weighted by Gasteiger charge is 2.22. The molecule has 9 rings (SSSR count). The summed E-state index contributed by atoms with van der Waals surface area (Å²) in [5, 5.41) is 0.664. The number of benzene rings is 6. The van der Waals surface area contributed by atoms with E-state index < -0.39 is 30.2 Å². The average molecular weight is 510 g/mol. The Morgan fingerprint density at radius 1 is 0.385 bits per heavy atom. The summed E-state index contributed by atoms with van der Waals surface area (Å²) in [5.41, 5.74) is 1.23. The van der Waals surface area contributed by atoms with E-state index in [1.54, 1.807) is 65.2 Å². The van der Waals surface area contributed by atoms with Gasteiger partial charge in [0.2, 0.25) is 0 Å². The Hall–Kier alpha value is -5.28. The summed E-state index contributed by atoms with van der Waals surface area (Å²) >= 11 is 0. The smallest absolute Gasteiger partial charge is 0.0652 e. The van der Waals surface area contributed by atoms with E-state index in [1.165, 1.54) is 15.2 Å². The van der Waals surface area contributed by atoms with Crippen LogP contribution in [0.5, 0.6) is 0 Å². The number of aromatic nitrogens is 3. The third-order valence-electron chi connectivity index (χ3n) is 7.26. The van der Waals surface area contributed by atoms with E-state index in [0.717, 1.165) is 0 Å². The number of fused-ring (bicyclic) bond motifs is 3. The van der Waals surface area contributed by atoms with E-state index in [1.807, 2.05) is 0 Å². The zero-order valence-corrected chi connectivity index (χ0v) is 20.2. The third-order valence-corrected chi connectivity index (χ3v) is 7.26. The zero-order chi connectivity index (χ0) is 35.9. The Bertz CT molecular complexity index is 2900. The first-order valence-electron chi connectivity index (χ1n) is 18.4. The number of nitrogens with zero attached hydrogens (tertiary/aromatic N) is 3. The molecule has 0 aliphatic carbocycles. The molecule has 182 valence electrons. The molecule has 3 heterocycles. The van der Waals surface area contributed by atoms with Crippen molar-refractivity contribution in [3.05, 3.63) is 139 Å². The summed E-state index contributed by atoms with van der Waals surface area (Å²) in [6.45, 7) is 0. The summed E-state index contributed by atoms with van der Waals surface area (Å²) in [5.74, 6) is 0. The van der Waals surface area contributed by atoms with Crippen LogP contribution in [-0.4, -0.2) is 13.7 Å². The van der Waals surface area contributed by atoms with Gasteiger partial charge in [0, 0.05) is 38.6 Å². The Kier molecular flexibility index (Phi) is 2.44. The maximum Gasteiger partial charge on any atom is 0.0652 e. The number of para-hydroxylation sites is 3. The SMILES string of the molecule is [2H]c1cc([2H])c2c3c([2H])c(-n4c5c([2H])c([2H])c([2H])c6c5c5c(c([2H])c([2H])c([2H])c54)n6-c4ccccc4)c([2H])c([2H])c3n(-c3ccccc3)c2c1[2H]. The van der Waals surface area contributed by atoms with Crippen molar-refractivity contribution in [3.8, 4) is 17.1 Å². The summed E-state index contributed by atoms with van der Waals surface area (Å²) in [4.78, 5) is 0. The lowest BCUT2D eigenvalue weighted by atomic mass is 10.1. The fourth-order valence-corrected chi connectivity index (χ4v) is 5.70. The van der Waals surface area contributed by atoms with Gasteiger partial charge in [0.05, 0.1) is 49.5 Å². The first-order valence-corrected chi connectivity index (χ1v) is 12.4. The normalized spacial score (nSPS) is 16.4.